The van der Waals surface area contributed by atoms with E-state index in [1.54, 1.807) is 0 Å². The van der Waals surface area contributed by atoms with Crippen molar-refractivity contribution < 1.29 is 4.48 Å². The third-order valence-corrected chi connectivity index (χ3v) is 6.33. The van der Waals surface area contributed by atoms with Crippen LogP contribution in [-0.2, 0) is 0 Å². The van der Waals surface area contributed by atoms with Gasteiger partial charge in [0.1, 0.15) is 0 Å². The fourth-order valence-electron chi connectivity index (χ4n) is 4.24. The Labute approximate surface area is 172 Å². The molecule has 1 aromatic carbocycles. The van der Waals surface area contributed by atoms with E-state index >= 15 is 0 Å². The summed E-state index contributed by atoms with van der Waals surface area (Å²) in [5.74, 6) is 0. The van der Waals surface area contributed by atoms with Crippen molar-refractivity contribution in [1.29, 1.82) is 0 Å². The molecule has 1 saturated heterocycles. The molecule has 0 amide bonds. The highest BCUT2D eigenvalue weighted by Gasteiger charge is 2.28. The van der Waals surface area contributed by atoms with E-state index in [1.807, 2.05) is 12.1 Å². The SMILES string of the molecule is CCCCCCCCCCCC[N+]1(C)CCN(c2ccc(/C=N/[O-])cc2)CC1. The van der Waals surface area contributed by atoms with E-state index in [1.165, 1.54) is 100 Å². The second kappa shape index (κ2) is 12.8. The monoisotopic (exact) mass is 387 g/mol. The highest BCUT2D eigenvalue weighted by Crippen LogP contribution is 2.20. The predicted octanol–water partition coefficient (Wildman–Crippen LogP) is 5.79. The van der Waals surface area contributed by atoms with Gasteiger partial charge in [-0.05, 0) is 30.5 Å². The summed E-state index contributed by atoms with van der Waals surface area (Å²) in [6.07, 6.45) is 15.5. The number of hydrogen-bond donors (Lipinski definition) is 0. The van der Waals surface area contributed by atoms with Crippen LogP contribution in [0, 0.1) is 5.21 Å². The lowest BCUT2D eigenvalue weighted by Gasteiger charge is -2.43. The molecule has 4 heteroatoms. The fourth-order valence-corrected chi connectivity index (χ4v) is 4.24. The van der Waals surface area contributed by atoms with Gasteiger partial charge < -0.3 is 19.7 Å². The van der Waals surface area contributed by atoms with Crippen molar-refractivity contribution in [2.75, 3.05) is 44.7 Å². The first-order chi connectivity index (χ1) is 13.7. The molecule has 158 valence electrons. The zero-order valence-corrected chi connectivity index (χ0v) is 18.2. The van der Waals surface area contributed by atoms with E-state index in [0.717, 1.165) is 18.7 Å². The maximum absolute atomic E-state index is 10.3. The molecule has 0 aliphatic carbocycles. The van der Waals surface area contributed by atoms with Crippen molar-refractivity contribution in [3.8, 4) is 0 Å². The first-order valence-corrected chi connectivity index (χ1v) is 11.5. The third kappa shape index (κ3) is 8.22. The van der Waals surface area contributed by atoms with Crippen LogP contribution < -0.4 is 4.90 Å². The molecule has 1 aliphatic rings. The second-order valence-electron chi connectivity index (χ2n) is 8.79. The standard InChI is InChI=1S/C24H41N3O/c1-3-4-5-6-7-8-9-10-11-12-19-27(2)20-17-26(18-21-27)24-15-13-23(14-16-24)22-25-28/h13-16,22H,3-12,17-21H2,1-2H3/b25-22+. The summed E-state index contributed by atoms with van der Waals surface area (Å²) in [7, 11) is 2.43. The highest BCUT2D eigenvalue weighted by atomic mass is 16.4. The number of unbranched alkanes of at least 4 members (excludes halogenated alkanes) is 9. The van der Waals surface area contributed by atoms with Gasteiger partial charge in [0, 0.05) is 11.9 Å². The Balaban J connectivity index is 1.57. The Kier molecular flexibility index (Phi) is 10.4. The number of likely N-dealkylation sites (N-methyl/N-ethyl adjacent to an activating group) is 1. The Morgan fingerprint density at radius 3 is 1.96 bits per heavy atom. The van der Waals surface area contributed by atoms with Crippen molar-refractivity contribution in [3.63, 3.8) is 0 Å². The van der Waals surface area contributed by atoms with Crippen LogP contribution in [0.4, 0.5) is 5.69 Å². The van der Waals surface area contributed by atoms with Gasteiger partial charge in [-0.15, -0.1) is 0 Å². The largest absolute Gasteiger partial charge is 0.792 e. The van der Waals surface area contributed by atoms with Crippen LogP contribution in [0.2, 0.25) is 0 Å². The molecule has 1 heterocycles. The average molecular weight is 388 g/mol. The Bertz CT molecular complexity index is 547. The molecular weight excluding hydrogens is 346 g/mol. The Morgan fingerprint density at radius 2 is 1.43 bits per heavy atom. The average Bonchev–Trinajstić information content (AvgIpc) is 2.71. The topological polar surface area (TPSA) is 38.7 Å². The molecule has 0 atom stereocenters. The van der Waals surface area contributed by atoms with Crippen LogP contribution in [0.3, 0.4) is 0 Å². The van der Waals surface area contributed by atoms with Crippen LogP contribution in [-0.4, -0.2) is 50.5 Å². The van der Waals surface area contributed by atoms with Gasteiger partial charge in [-0.2, -0.15) is 0 Å². The second-order valence-corrected chi connectivity index (χ2v) is 8.79. The molecule has 0 aromatic heterocycles. The smallest absolute Gasteiger partial charge is 0.0963 e. The van der Waals surface area contributed by atoms with E-state index in [0.29, 0.717) is 0 Å². The number of nitrogens with zero attached hydrogens (tertiary/aromatic N) is 3. The minimum absolute atomic E-state index is 0.873. The van der Waals surface area contributed by atoms with Crippen molar-refractivity contribution in [2.24, 2.45) is 5.16 Å². The number of benzene rings is 1. The maximum Gasteiger partial charge on any atom is 0.0963 e. The normalized spacial score (nSPS) is 16.7. The fraction of sp³-hybridized carbons (Fsp3) is 0.708. The molecule has 4 nitrogen and oxygen atoms in total. The van der Waals surface area contributed by atoms with Crippen molar-refractivity contribution >= 4 is 11.9 Å². The van der Waals surface area contributed by atoms with Crippen LogP contribution in [0.5, 0.6) is 0 Å². The molecular formula is C24H41N3O. The van der Waals surface area contributed by atoms with Gasteiger partial charge in [-0.25, -0.2) is 0 Å². The lowest BCUT2D eigenvalue weighted by molar-refractivity contribution is -0.910. The quantitative estimate of drug-likeness (QED) is 0.186. The molecule has 0 N–H and O–H groups in total. The van der Waals surface area contributed by atoms with Crippen molar-refractivity contribution in [1.82, 2.24) is 0 Å². The van der Waals surface area contributed by atoms with Gasteiger partial charge in [0.15, 0.2) is 0 Å². The summed E-state index contributed by atoms with van der Waals surface area (Å²) in [5.41, 5.74) is 2.13. The van der Waals surface area contributed by atoms with E-state index in [4.69, 9.17) is 0 Å². The molecule has 1 aliphatic heterocycles. The molecule has 0 saturated carbocycles. The third-order valence-electron chi connectivity index (χ3n) is 6.33. The lowest BCUT2D eigenvalue weighted by atomic mass is 10.1. The zero-order valence-electron chi connectivity index (χ0n) is 18.2. The van der Waals surface area contributed by atoms with E-state index in [2.05, 4.69) is 36.2 Å². The van der Waals surface area contributed by atoms with Gasteiger partial charge in [-0.1, -0.05) is 70.4 Å². The summed E-state index contributed by atoms with van der Waals surface area (Å²) in [4.78, 5) is 2.47. The van der Waals surface area contributed by atoms with Gasteiger partial charge in [-0.3, -0.25) is 0 Å². The number of anilines is 1. The Morgan fingerprint density at radius 1 is 0.893 bits per heavy atom. The first kappa shape index (κ1) is 22.7. The highest BCUT2D eigenvalue weighted by molar-refractivity contribution is 5.80. The van der Waals surface area contributed by atoms with E-state index in [9.17, 15) is 5.21 Å². The van der Waals surface area contributed by atoms with Gasteiger partial charge >= 0.3 is 0 Å². The number of quaternary nitrogens is 1. The summed E-state index contributed by atoms with van der Waals surface area (Å²) >= 11 is 0. The van der Waals surface area contributed by atoms with Crippen LogP contribution >= 0.6 is 0 Å². The summed E-state index contributed by atoms with van der Waals surface area (Å²) in [6, 6.07) is 8.16. The van der Waals surface area contributed by atoms with Gasteiger partial charge in [0.25, 0.3) is 0 Å². The number of piperazine rings is 1. The molecule has 2 rings (SSSR count). The van der Waals surface area contributed by atoms with Gasteiger partial charge in [0.2, 0.25) is 0 Å². The minimum Gasteiger partial charge on any atom is -0.792 e. The predicted molar refractivity (Wildman–Crippen MR) is 122 cm³/mol. The van der Waals surface area contributed by atoms with E-state index in [-0.39, 0.29) is 0 Å². The molecule has 1 aromatic rings. The summed E-state index contributed by atoms with van der Waals surface area (Å²) in [5, 5.41) is 13.2. The lowest BCUT2D eigenvalue weighted by Crippen LogP contribution is -2.57. The minimum atomic E-state index is 0.873. The summed E-state index contributed by atoms with van der Waals surface area (Å²) in [6.45, 7) is 8.28. The zero-order chi connectivity index (χ0) is 20.1. The molecule has 0 spiro atoms. The molecule has 28 heavy (non-hydrogen) atoms. The van der Waals surface area contributed by atoms with Gasteiger partial charge in [0.05, 0.1) is 39.8 Å². The van der Waals surface area contributed by atoms with Crippen molar-refractivity contribution in [3.05, 3.63) is 35.0 Å². The Hall–Kier alpha value is -1.55. The van der Waals surface area contributed by atoms with E-state index < -0.39 is 0 Å². The van der Waals surface area contributed by atoms with Crippen LogP contribution in [0.25, 0.3) is 0 Å². The van der Waals surface area contributed by atoms with Crippen LogP contribution in [0.15, 0.2) is 29.4 Å². The number of rotatable bonds is 13. The molecule has 1 fully saturated rings. The van der Waals surface area contributed by atoms with Crippen LogP contribution in [0.1, 0.15) is 76.7 Å². The first-order valence-electron chi connectivity index (χ1n) is 11.5. The summed E-state index contributed by atoms with van der Waals surface area (Å²) < 4.78 is 1.22. The molecule has 0 radical (unpaired) electrons. The maximum atomic E-state index is 10.3. The number of hydrogen-bond acceptors (Lipinski definition) is 3. The molecule has 0 bridgehead atoms. The van der Waals surface area contributed by atoms with Crippen molar-refractivity contribution in [2.45, 2.75) is 71.1 Å². The molecule has 0 unspecified atom stereocenters.